The molecule has 0 aliphatic carbocycles. The van der Waals surface area contributed by atoms with Gasteiger partial charge in [0, 0.05) is 10.9 Å². The molecule has 3 aromatic heterocycles. The fraction of sp³-hybridized carbons (Fsp3) is 0.167. The number of nitrogens with one attached hydrogen (secondary N) is 1. The van der Waals surface area contributed by atoms with E-state index in [1.54, 1.807) is 12.5 Å². The minimum Gasteiger partial charge on any atom is -0.492 e. The second-order valence-corrected chi connectivity index (χ2v) is 7.50. The second kappa shape index (κ2) is 7.37. The Bertz CT molecular complexity index is 1060. The van der Waals surface area contributed by atoms with E-state index in [0.717, 1.165) is 38.4 Å². The van der Waals surface area contributed by atoms with Crippen LogP contribution < -0.4 is 15.8 Å². The number of ether oxygens (including phenoxy) is 1. The number of hydrogen-bond donors (Lipinski definition) is 2. The van der Waals surface area contributed by atoms with Crippen molar-refractivity contribution in [2.45, 2.75) is 13.8 Å². The zero-order valence-electron chi connectivity index (χ0n) is 14.7. The van der Waals surface area contributed by atoms with Crippen LogP contribution in [0.4, 0.5) is 16.0 Å². The zero-order valence-corrected chi connectivity index (χ0v) is 16.4. The number of nitrogen functional groups attached to an aromatic ring is 1. The van der Waals surface area contributed by atoms with Crippen molar-refractivity contribution in [3.63, 3.8) is 0 Å². The summed E-state index contributed by atoms with van der Waals surface area (Å²) >= 11 is 2.95. The van der Waals surface area contributed by atoms with Crippen LogP contribution in [0, 0.1) is 6.92 Å². The van der Waals surface area contributed by atoms with E-state index in [0.29, 0.717) is 17.6 Å². The average molecular weight is 400 g/mol. The van der Waals surface area contributed by atoms with Crippen LogP contribution >= 0.6 is 22.7 Å². The lowest BCUT2D eigenvalue weighted by Crippen LogP contribution is -1.98. The van der Waals surface area contributed by atoms with E-state index in [4.69, 9.17) is 14.9 Å². The fourth-order valence-electron chi connectivity index (χ4n) is 2.61. The van der Waals surface area contributed by atoms with E-state index in [1.165, 1.54) is 22.7 Å². The van der Waals surface area contributed by atoms with Gasteiger partial charge in [0.25, 0.3) is 0 Å². The number of anilines is 3. The Morgan fingerprint density at radius 3 is 2.89 bits per heavy atom. The molecule has 4 aromatic rings. The maximum Gasteiger partial charge on any atom is 0.225 e. The van der Waals surface area contributed by atoms with E-state index in [2.05, 4.69) is 20.3 Å². The molecule has 0 aliphatic rings. The molecule has 0 atom stereocenters. The van der Waals surface area contributed by atoms with Crippen LogP contribution in [0.15, 0.2) is 40.5 Å². The third-order valence-electron chi connectivity index (χ3n) is 3.75. The number of benzene rings is 1. The molecule has 0 bridgehead atoms. The number of nitrogens with two attached hydrogens (primary N) is 1. The van der Waals surface area contributed by atoms with E-state index in [1.807, 2.05) is 37.4 Å². The zero-order chi connectivity index (χ0) is 18.8. The summed E-state index contributed by atoms with van der Waals surface area (Å²) in [5, 5.41) is 6.62. The van der Waals surface area contributed by atoms with Gasteiger partial charge in [-0.05, 0) is 32.0 Å². The Morgan fingerprint density at radius 2 is 2.19 bits per heavy atom. The highest BCUT2D eigenvalue weighted by Crippen LogP contribution is 2.36. The van der Waals surface area contributed by atoms with E-state index < -0.39 is 0 Å². The third-order valence-corrected chi connectivity index (χ3v) is 5.52. The van der Waals surface area contributed by atoms with Crippen molar-refractivity contribution >= 4 is 38.6 Å². The van der Waals surface area contributed by atoms with Gasteiger partial charge in [0.2, 0.25) is 5.89 Å². The molecule has 3 heterocycles. The highest BCUT2D eigenvalue weighted by Gasteiger charge is 2.14. The van der Waals surface area contributed by atoms with Gasteiger partial charge in [0.05, 0.1) is 34.8 Å². The molecule has 138 valence electrons. The molecular formula is C18H17N5O2S2. The summed E-state index contributed by atoms with van der Waals surface area (Å²) in [5.41, 5.74) is 9.20. The summed E-state index contributed by atoms with van der Waals surface area (Å²) in [5.74, 6) is 1.29. The molecule has 9 heteroatoms. The first-order valence-electron chi connectivity index (χ1n) is 8.26. The van der Waals surface area contributed by atoms with Crippen LogP contribution in [0.1, 0.15) is 12.6 Å². The number of hydrogen-bond acceptors (Lipinski definition) is 9. The van der Waals surface area contributed by atoms with Crippen molar-refractivity contribution in [2.75, 3.05) is 17.7 Å². The summed E-state index contributed by atoms with van der Waals surface area (Å²) in [4.78, 5) is 14.1. The molecule has 4 rings (SSSR count). The molecule has 0 fully saturated rings. The van der Waals surface area contributed by atoms with Gasteiger partial charge in [-0.25, -0.2) is 15.0 Å². The molecule has 0 unspecified atom stereocenters. The average Bonchev–Trinajstić information content (AvgIpc) is 3.38. The third kappa shape index (κ3) is 3.64. The smallest absolute Gasteiger partial charge is 0.225 e. The van der Waals surface area contributed by atoms with Crippen molar-refractivity contribution in [1.29, 1.82) is 0 Å². The quantitative estimate of drug-likeness (QED) is 0.473. The normalized spacial score (nSPS) is 10.9. The summed E-state index contributed by atoms with van der Waals surface area (Å²) in [6.07, 6.45) is 3.17. The predicted octanol–water partition coefficient (Wildman–Crippen LogP) is 4.95. The van der Waals surface area contributed by atoms with Crippen molar-refractivity contribution < 1.29 is 9.15 Å². The highest BCUT2D eigenvalue weighted by atomic mass is 32.1. The number of oxazole rings is 1. The molecule has 0 amide bonds. The molecule has 7 nitrogen and oxygen atoms in total. The molecule has 0 aliphatic heterocycles. The van der Waals surface area contributed by atoms with Gasteiger partial charge in [0.15, 0.2) is 10.3 Å². The molecule has 1 aromatic carbocycles. The monoisotopic (exact) mass is 399 g/mol. The van der Waals surface area contributed by atoms with Crippen molar-refractivity contribution in [3.05, 3.63) is 41.7 Å². The van der Waals surface area contributed by atoms with Crippen LogP contribution in [0.5, 0.6) is 5.75 Å². The van der Waals surface area contributed by atoms with Crippen molar-refractivity contribution in [2.24, 2.45) is 0 Å². The number of aryl methyl sites for hydroxylation is 1. The Morgan fingerprint density at radius 1 is 1.30 bits per heavy atom. The maximum absolute atomic E-state index is 5.80. The Kier molecular flexibility index (Phi) is 4.78. The maximum atomic E-state index is 5.80. The SMILES string of the molecule is CCOc1ccc(-c2ncco2)cc1Nc1nc(-c2sc(N)nc2C)cs1. The summed E-state index contributed by atoms with van der Waals surface area (Å²) in [7, 11) is 0. The molecule has 27 heavy (non-hydrogen) atoms. The lowest BCUT2D eigenvalue weighted by molar-refractivity contribution is 0.342. The van der Waals surface area contributed by atoms with Gasteiger partial charge in [-0.1, -0.05) is 11.3 Å². The van der Waals surface area contributed by atoms with Gasteiger partial charge in [-0.15, -0.1) is 11.3 Å². The largest absolute Gasteiger partial charge is 0.492 e. The van der Waals surface area contributed by atoms with E-state index >= 15 is 0 Å². The van der Waals surface area contributed by atoms with Crippen LogP contribution in [0.2, 0.25) is 0 Å². The van der Waals surface area contributed by atoms with Gasteiger partial charge in [-0.2, -0.15) is 0 Å². The van der Waals surface area contributed by atoms with E-state index in [-0.39, 0.29) is 0 Å². The second-order valence-electron chi connectivity index (χ2n) is 5.61. The summed E-state index contributed by atoms with van der Waals surface area (Å²) in [6.45, 7) is 4.45. The first-order chi connectivity index (χ1) is 13.1. The van der Waals surface area contributed by atoms with Crippen LogP contribution in [0.3, 0.4) is 0 Å². The van der Waals surface area contributed by atoms with Gasteiger partial charge in [0.1, 0.15) is 12.0 Å². The summed E-state index contributed by atoms with van der Waals surface area (Å²) in [6, 6.07) is 5.75. The van der Waals surface area contributed by atoms with Gasteiger partial charge < -0.3 is 20.2 Å². The minimum atomic E-state index is 0.544. The van der Waals surface area contributed by atoms with Gasteiger partial charge >= 0.3 is 0 Å². The van der Waals surface area contributed by atoms with Gasteiger partial charge in [-0.3, -0.25) is 0 Å². The van der Waals surface area contributed by atoms with Crippen LogP contribution in [0.25, 0.3) is 22.0 Å². The molecule has 3 N–H and O–H groups in total. The minimum absolute atomic E-state index is 0.544. The molecule has 0 saturated heterocycles. The van der Waals surface area contributed by atoms with Crippen molar-refractivity contribution in [1.82, 2.24) is 15.0 Å². The Labute approximate surface area is 163 Å². The predicted molar refractivity (Wildman–Crippen MR) is 109 cm³/mol. The topological polar surface area (TPSA) is 99.1 Å². The fourth-order valence-corrected chi connectivity index (χ4v) is 4.20. The Balaban J connectivity index is 1.65. The summed E-state index contributed by atoms with van der Waals surface area (Å²) < 4.78 is 11.1. The molecular weight excluding hydrogens is 382 g/mol. The lowest BCUT2D eigenvalue weighted by atomic mass is 10.2. The first kappa shape index (κ1) is 17.5. The molecule has 0 radical (unpaired) electrons. The van der Waals surface area contributed by atoms with Crippen LogP contribution in [-0.2, 0) is 0 Å². The standard InChI is InChI=1S/C18H17N5O2S2/c1-3-24-14-5-4-11(16-20-6-7-25-16)8-12(14)22-18-23-13(9-26-18)15-10(2)21-17(19)27-15/h4-9H,3H2,1-2H3,(H2,19,21)(H,22,23). The highest BCUT2D eigenvalue weighted by molar-refractivity contribution is 7.19. The van der Waals surface area contributed by atoms with E-state index in [9.17, 15) is 0 Å². The van der Waals surface area contributed by atoms with Crippen LogP contribution in [-0.4, -0.2) is 21.6 Å². The number of nitrogens with zero attached hydrogens (tertiary/aromatic N) is 3. The number of thiazole rings is 2. The molecule has 0 spiro atoms. The first-order valence-corrected chi connectivity index (χ1v) is 9.96. The lowest BCUT2D eigenvalue weighted by Gasteiger charge is -2.11. The number of aromatic nitrogens is 3. The Hall–Kier alpha value is -2.91. The number of rotatable bonds is 6. The molecule has 0 saturated carbocycles. The van der Waals surface area contributed by atoms with Crippen molar-refractivity contribution in [3.8, 4) is 27.8 Å².